The van der Waals surface area contributed by atoms with Crippen molar-refractivity contribution in [3.05, 3.63) is 35.6 Å². The van der Waals surface area contributed by atoms with E-state index < -0.39 is 0 Å². The number of benzene rings is 1. The van der Waals surface area contributed by atoms with Gasteiger partial charge in [0.2, 0.25) is 0 Å². The van der Waals surface area contributed by atoms with Crippen molar-refractivity contribution in [3.8, 4) is 0 Å². The largest absolute Gasteiger partial charge is 0.374 e. The molecule has 0 saturated carbocycles. The molecule has 3 nitrogen and oxygen atoms in total. The van der Waals surface area contributed by atoms with E-state index in [1.165, 1.54) is 6.07 Å². The lowest BCUT2D eigenvalue weighted by Crippen LogP contribution is -2.47. The van der Waals surface area contributed by atoms with Crippen LogP contribution in [0.3, 0.4) is 0 Å². The van der Waals surface area contributed by atoms with Crippen LogP contribution in [0.15, 0.2) is 24.3 Å². The second kappa shape index (κ2) is 7.72. The van der Waals surface area contributed by atoms with E-state index in [1.807, 2.05) is 12.1 Å². The predicted octanol–water partition coefficient (Wildman–Crippen LogP) is 2.07. The topological polar surface area (TPSA) is 24.5 Å². The summed E-state index contributed by atoms with van der Waals surface area (Å²) in [5.41, 5.74) is 0.771. The average Bonchev–Trinajstić information content (AvgIpc) is 2.48. The third kappa shape index (κ3) is 4.54. The van der Waals surface area contributed by atoms with Crippen LogP contribution in [-0.4, -0.2) is 49.8 Å². The summed E-state index contributed by atoms with van der Waals surface area (Å²) in [5, 5.41) is 3.45. The van der Waals surface area contributed by atoms with Gasteiger partial charge in [-0.3, -0.25) is 4.90 Å². The summed E-state index contributed by atoms with van der Waals surface area (Å²) in [6.07, 6.45) is 0.948. The van der Waals surface area contributed by atoms with Gasteiger partial charge in [-0.25, -0.2) is 4.39 Å². The highest BCUT2D eigenvalue weighted by molar-refractivity contribution is 5.18. The van der Waals surface area contributed by atoms with Gasteiger partial charge in [-0.15, -0.1) is 0 Å². The van der Waals surface area contributed by atoms with Gasteiger partial charge in [-0.05, 0) is 31.5 Å². The number of hydrogen-bond donors (Lipinski definition) is 1. The number of halogens is 1. The molecule has 2 unspecified atom stereocenters. The number of nitrogens with one attached hydrogen (secondary N) is 1. The number of hydrogen-bond acceptors (Lipinski definition) is 3. The summed E-state index contributed by atoms with van der Waals surface area (Å²) in [6, 6.07) is 7.22. The second-order valence-electron chi connectivity index (χ2n) is 5.49. The Morgan fingerprint density at radius 2 is 2.25 bits per heavy atom. The molecule has 0 aromatic heterocycles. The number of rotatable bonds is 6. The minimum absolute atomic E-state index is 0.118. The minimum atomic E-state index is -0.118. The van der Waals surface area contributed by atoms with Crippen LogP contribution >= 0.6 is 0 Å². The van der Waals surface area contributed by atoms with E-state index in [1.54, 1.807) is 6.07 Å². The third-order valence-corrected chi connectivity index (χ3v) is 3.85. The van der Waals surface area contributed by atoms with Crippen molar-refractivity contribution in [2.45, 2.75) is 32.4 Å². The van der Waals surface area contributed by atoms with Gasteiger partial charge < -0.3 is 10.1 Å². The fourth-order valence-electron chi connectivity index (χ4n) is 2.59. The molecule has 1 aromatic carbocycles. The van der Waals surface area contributed by atoms with Crippen molar-refractivity contribution in [1.29, 1.82) is 0 Å². The van der Waals surface area contributed by atoms with Gasteiger partial charge in [0.1, 0.15) is 5.82 Å². The van der Waals surface area contributed by atoms with Crippen LogP contribution in [0.25, 0.3) is 0 Å². The summed E-state index contributed by atoms with van der Waals surface area (Å²) in [7, 11) is 0. The molecule has 2 atom stereocenters. The molecule has 20 heavy (non-hydrogen) atoms. The molecule has 0 spiro atoms. The van der Waals surface area contributed by atoms with Crippen molar-refractivity contribution >= 4 is 0 Å². The monoisotopic (exact) mass is 280 g/mol. The Morgan fingerprint density at radius 1 is 1.45 bits per heavy atom. The molecule has 1 aliphatic heterocycles. The normalized spacial score (nSPS) is 21.9. The molecule has 2 rings (SSSR count). The molecule has 1 aromatic rings. The van der Waals surface area contributed by atoms with E-state index in [0.29, 0.717) is 6.42 Å². The molecule has 0 radical (unpaired) electrons. The van der Waals surface area contributed by atoms with Crippen LogP contribution in [0, 0.1) is 5.82 Å². The summed E-state index contributed by atoms with van der Waals surface area (Å²) < 4.78 is 19.3. The molecule has 1 fully saturated rings. The van der Waals surface area contributed by atoms with E-state index in [4.69, 9.17) is 4.74 Å². The lowest BCUT2D eigenvalue weighted by atomic mass is 10.1. The van der Waals surface area contributed by atoms with Crippen molar-refractivity contribution in [1.82, 2.24) is 10.2 Å². The molecule has 1 saturated heterocycles. The zero-order valence-corrected chi connectivity index (χ0v) is 12.4. The van der Waals surface area contributed by atoms with E-state index in [2.05, 4.69) is 24.1 Å². The quantitative estimate of drug-likeness (QED) is 0.863. The highest BCUT2D eigenvalue weighted by Gasteiger charge is 2.19. The number of ether oxygens (including phenoxy) is 1. The first-order valence-electron chi connectivity index (χ1n) is 7.49. The molecule has 0 bridgehead atoms. The fraction of sp³-hybridized carbons (Fsp3) is 0.625. The minimum Gasteiger partial charge on any atom is -0.374 e. The van der Waals surface area contributed by atoms with Crippen LogP contribution < -0.4 is 5.32 Å². The Kier molecular flexibility index (Phi) is 5.95. The predicted molar refractivity (Wildman–Crippen MR) is 79.4 cm³/mol. The molecule has 1 aliphatic rings. The van der Waals surface area contributed by atoms with E-state index >= 15 is 0 Å². The highest BCUT2D eigenvalue weighted by Crippen LogP contribution is 2.09. The summed E-state index contributed by atoms with van der Waals surface area (Å²) >= 11 is 0. The number of nitrogens with zero attached hydrogens (tertiary/aromatic N) is 1. The molecular weight excluding hydrogens is 255 g/mol. The third-order valence-electron chi connectivity index (χ3n) is 3.85. The van der Waals surface area contributed by atoms with Crippen molar-refractivity contribution in [3.63, 3.8) is 0 Å². The lowest BCUT2D eigenvalue weighted by Gasteiger charge is -2.32. The van der Waals surface area contributed by atoms with Crippen LogP contribution in [0.2, 0.25) is 0 Å². The van der Waals surface area contributed by atoms with Gasteiger partial charge in [-0.2, -0.15) is 0 Å². The number of likely N-dealkylation sites (N-methyl/N-ethyl adjacent to an activating group) is 1. The van der Waals surface area contributed by atoms with Gasteiger partial charge in [0.15, 0.2) is 0 Å². The van der Waals surface area contributed by atoms with Crippen LogP contribution in [0.4, 0.5) is 4.39 Å². The molecule has 4 heteroatoms. The van der Waals surface area contributed by atoms with Gasteiger partial charge in [-0.1, -0.05) is 25.1 Å². The zero-order valence-electron chi connectivity index (χ0n) is 12.4. The average molecular weight is 280 g/mol. The first kappa shape index (κ1) is 15.4. The molecule has 112 valence electrons. The van der Waals surface area contributed by atoms with Crippen LogP contribution in [0.5, 0.6) is 0 Å². The molecule has 0 aliphatic carbocycles. The molecule has 1 N–H and O–H groups in total. The Bertz CT molecular complexity index is 413. The standard InChI is InChI=1S/C16H25FN2O/c1-3-19-8-9-20-15(12-19)11-18-13(2)10-14-6-4-5-7-16(14)17/h4-7,13,15,18H,3,8-12H2,1-2H3. The highest BCUT2D eigenvalue weighted by atomic mass is 19.1. The molecular formula is C16H25FN2O. The Balaban J connectivity index is 1.75. The van der Waals surface area contributed by atoms with Gasteiger partial charge in [0.25, 0.3) is 0 Å². The summed E-state index contributed by atoms with van der Waals surface area (Å²) in [5.74, 6) is -0.118. The maximum Gasteiger partial charge on any atom is 0.126 e. The fourth-order valence-corrected chi connectivity index (χ4v) is 2.59. The van der Waals surface area contributed by atoms with E-state index in [0.717, 1.165) is 38.3 Å². The Morgan fingerprint density at radius 3 is 3.00 bits per heavy atom. The zero-order chi connectivity index (χ0) is 14.4. The molecule has 1 heterocycles. The van der Waals surface area contributed by atoms with Gasteiger partial charge in [0, 0.05) is 25.7 Å². The van der Waals surface area contributed by atoms with Crippen molar-refractivity contribution in [2.24, 2.45) is 0 Å². The van der Waals surface area contributed by atoms with Crippen molar-refractivity contribution < 1.29 is 9.13 Å². The maximum atomic E-state index is 13.6. The summed E-state index contributed by atoms with van der Waals surface area (Å²) in [4.78, 5) is 2.40. The maximum absolute atomic E-state index is 13.6. The Labute approximate surface area is 121 Å². The first-order valence-corrected chi connectivity index (χ1v) is 7.49. The van der Waals surface area contributed by atoms with Crippen molar-refractivity contribution in [2.75, 3.05) is 32.8 Å². The lowest BCUT2D eigenvalue weighted by molar-refractivity contribution is -0.0261. The second-order valence-corrected chi connectivity index (χ2v) is 5.49. The van der Waals surface area contributed by atoms with Crippen LogP contribution in [-0.2, 0) is 11.2 Å². The van der Waals surface area contributed by atoms with E-state index in [9.17, 15) is 4.39 Å². The van der Waals surface area contributed by atoms with Crippen LogP contribution in [0.1, 0.15) is 19.4 Å². The van der Waals surface area contributed by atoms with E-state index in [-0.39, 0.29) is 18.0 Å². The Hall–Kier alpha value is -0.970. The van der Waals surface area contributed by atoms with Gasteiger partial charge >= 0.3 is 0 Å². The summed E-state index contributed by atoms with van der Waals surface area (Å²) in [6.45, 7) is 8.98. The SMILES string of the molecule is CCN1CCOC(CNC(C)Cc2ccccc2F)C1. The smallest absolute Gasteiger partial charge is 0.126 e. The number of morpholine rings is 1. The van der Waals surface area contributed by atoms with Gasteiger partial charge in [0.05, 0.1) is 12.7 Å². The molecule has 0 amide bonds. The first-order chi connectivity index (χ1) is 9.69.